The van der Waals surface area contributed by atoms with Gasteiger partial charge in [-0.15, -0.1) is 10.2 Å². The molecule has 0 aliphatic carbocycles. The SMILES string of the molecule is Cc1cc(C)nc(SCc2nnc(SC(C)C)n2C)n1. The minimum atomic E-state index is 0.501. The molecule has 7 heteroatoms. The Morgan fingerprint density at radius 3 is 2.40 bits per heavy atom. The summed E-state index contributed by atoms with van der Waals surface area (Å²) in [4.78, 5) is 8.85. The Morgan fingerprint density at radius 2 is 1.80 bits per heavy atom. The number of nitrogens with zero attached hydrogens (tertiary/aromatic N) is 5. The highest BCUT2D eigenvalue weighted by Crippen LogP contribution is 2.24. The average Bonchev–Trinajstić information content (AvgIpc) is 2.66. The highest BCUT2D eigenvalue weighted by atomic mass is 32.2. The molecule has 0 aliphatic rings. The summed E-state index contributed by atoms with van der Waals surface area (Å²) in [5, 5.41) is 10.7. The van der Waals surface area contributed by atoms with Gasteiger partial charge in [0.2, 0.25) is 0 Å². The zero-order valence-electron chi connectivity index (χ0n) is 12.4. The molecule has 2 aromatic rings. The maximum absolute atomic E-state index is 4.42. The molecule has 0 aromatic carbocycles. The van der Waals surface area contributed by atoms with E-state index in [2.05, 4.69) is 34.0 Å². The third kappa shape index (κ3) is 3.96. The lowest BCUT2D eigenvalue weighted by Crippen LogP contribution is -2.00. The lowest BCUT2D eigenvalue weighted by molar-refractivity contribution is 0.758. The highest BCUT2D eigenvalue weighted by molar-refractivity contribution is 7.99. The van der Waals surface area contributed by atoms with Gasteiger partial charge < -0.3 is 4.57 Å². The van der Waals surface area contributed by atoms with Gasteiger partial charge in [-0.2, -0.15) is 0 Å². The summed E-state index contributed by atoms with van der Waals surface area (Å²) in [6.45, 7) is 8.27. The number of hydrogen-bond donors (Lipinski definition) is 0. The van der Waals surface area contributed by atoms with Crippen molar-refractivity contribution in [3.63, 3.8) is 0 Å². The van der Waals surface area contributed by atoms with E-state index in [0.29, 0.717) is 5.25 Å². The molecule has 2 heterocycles. The molecule has 0 saturated carbocycles. The molecule has 108 valence electrons. The van der Waals surface area contributed by atoms with Crippen molar-refractivity contribution in [1.29, 1.82) is 0 Å². The van der Waals surface area contributed by atoms with Gasteiger partial charge in [0.15, 0.2) is 10.3 Å². The van der Waals surface area contributed by atoms with E-state index in [0.717, 1.165) is 33.3 Å². The first-order valence-corrected chi connectivity index (χ1v) is 8.32. The Kier molecular flexibility index (Phi) is 5.04. The fourth-order valence-electron chi connectivity index (χ4n) is 1.67. The number of thioether (sulfide) groups is 2. The largest absolute Gasteiger partial charge is 0.308 e. The summed E-state index contributed by atoms with van der Waals surface area (Å²) in [6, 6.07) is 1.98. The lowest BCUT2D eigenvalue weighted by Gasteiger charge is -2.05. The molecular formula is C13H19N5S2. The van der Waals surface area contributed by atoms with Crippen LogP contribution in [0.25, 0.3) is 0 Å². The van der Waals surface area contributed by atoms with Crippen molar-refractivity contribution in [1.82, 2.24) is 24.7 Å². The second-order valence-corrected chi connectivity index (χ2v) is 7.33. The van der Waals surface area contributed by atoms with E-state index in [1.165, 1.54) is 0 Å². The van der Waals surface area contributed by atoms with Crippen molar-refractivity contribution in [3.05, 3.63) is 23.3 Å². The van der Waals surface area contributed by atoms with Gasteiger partial charge in [0.05, 0.1) is 5.75 Å². The molecule has 0 N–H and O–H groups in total. The Morgan fingerprint density at radius 1 is 1.15 bits per heavy atom. The van der Waals surface area contributed by atoms with Crippen molar-refractivity contribution in [2.24, 2.45) is 7.05 Å². The third-order valence-corrected chi connectivity index (χ3v) is 4.44. The Hall–Kier alpha value is -1.08. The van der Waals surface area contributed by atoms with E-state index in [1.54, 1.807) is 23.5 Å². The molecule has 0 radical (unpaired) electrons. The molecule has 2 aromatic heterocycles. The van der Waals surface area contributed by atoms with Gasteiger partial charge in [0.25, 0.3) is 0 Å². The van der Waals surface area contributed by atoms with E-state index in [-0.39, 0.29) is 0 Å². The average molecular weight is 309 g/mol. The zero-order chi connectivity index (χ0) is 14.7. The maximum atomic E-state index is 4.42. The van der Waals surface area contributed by atoms with Crippen LogP contribution in [-0.4, -0.2) is 30.0 Å². The first-order valence-electron chi connectivity index (χ1n) is 6.45. The molecule has 0 bridgehead atoms. The second kappa shape index (κ2) is 6.58. The van der Waals surface area contributed by atoms with Gasteiger partial charge in [-0.05, 0) is 19.9 Å². The summed E-state index contributed by atoms with van der Waals surface area (Å²) >= 11 is 3.31. The molecule has 0 saturated heterocycles. The number of rotatable bonds is 5. The minimum Gasteiger partial charge on any atom is -0.308 e. The quantitative estimate of drug-likeness (QED) is 0.625. The summed E-state index contributed by atoms with van der Waals surface area (Å²) < 4.78 is 2.04. The van der Waals surface area contributed by atoms with Crippen LogP contribution < -0.4 is 0 Å². The van der Waals surface area contributed by atoms with Crippen LogP contribution in [0.1, 0.15) is 31.1 Å². The normalized spacial score (nSPS) is 11.3. The van der Waals surface area contributed by atoms with Crippen molar-refractivity contribution in [3.8, 4) is 0 Å². The molecule has 0 amide bonds. The molecule has 0 aliphatic heterocycles. The Bertz CT molecular complexity index is 574. The van der Waals surface area contributed by atoms with Gasteiger partial charge >= 0.3 is 0 Å². The van der Waals surface area contributed by atoms with E-state index in [4.69, 9.17) is 0 Å². The van der Waals surface area contributed by atoms with Crippen molar-refractivity contribution >= 4 is 23.5 Å². The van der Waals surface area contributed by atoms with Crippen LogP contribution in [0.4, 0.5) is 0 Å². The van der Waals surface area contributed by atoms with Crippen LogP contribution in [0.5, 0.6) is 0 Å². The van der Waals surface area contributed by atoms with Crippen molar-refractivity contribution in [2.45, 2.75) is 49.0 Å². The van der Waals surface area contributed by atoms with Crippen LogP contribution in [0.2, 0.25) is 0 Å². The fourth-order valence-corrected chi connectivity index (χ4v) is 3.37. The summed E-state index contributed by atoms with van der Waals surface area (Å²) in [5.74, 6) is 1.67. The standard InChI is InChI=1S/C13H19N5S2/c1-8(2)20-13-17-16-11(18(13)5)7-19-12-14-9(3)6-10(4)15-12/h6,8H,7H2,1-5H3. The van der Waals surface area contributed by atoms with E-state index < -0.39 is 0 Å². The van der Waals surface area contributed by atoms with Crippen LogP contribution in [-0.2, 0) is 12.8 Å². The summed E-state index contributed by atoms with van der Waals surface area (Å²) in [7, 11) is 2.00. The van der Waals surface area contributed by atoms with Crippen molar-refractivity contribution in [2.75, 3.05) is 0 Å². The maximum Gasteiger partial charge on any atom is 0.191 e. The topological polar surface area (TPSA) is 56.5 Å². The molecule has 0 spiro atoms. The van der Waals surface area contributed by atoms with E-state index in [9.17, 15) is 0 Å². The Labute approximate surface area is 128 Å². The van der Waals surface area contributed by atoms with Crippen LogP contribution >= 0.6 is 23.5 Å². The number of aromatic nitrogens is 5. The zero-order valence-corrected chi connectivity index (χ0v) is 14.0. The first kappa shape index (κ1) is 15.3. The summed E-state index contributed by atoms with van der Waals surface area (Å²) in [6.07, 6.45) is 0. The smallest absolute Gasteiger partial charge is 0.191 e. The van der Waals surface area contributed by atoms with Crippen LogP contribution in [0, 0.1) is 13.8 Å². The van der Waals surface area contributed by atoms with Gasteiger partial charge in [-0.3, -0.25) is 0 Å². The monoisotopic (exact) mass is 309 g/mol. The van der Waals surface area contributed by atoms with E-state index in [1.807, 2.05) is 31.5 Å². The van der Waals surface area contributed by atoms with Crippen LogP contribution in [0.3, 0.4) is 0 Å². The molecule has 0 atom stereocenters. The molecular weight excluding hydrogens is 290 g/mol. The van der Waals surface area contributed by atoms with Gasteiger partial charge in [-0.25, -0.2) is 9.97 Å². The van der Waals surface area contributed by atoms with Crippen LogP contribution in [0.15, 0.2) is 16.4 Å². The number of aryl methyl sites for hydroxylation is 2. The van der Waals surface area contributed by atoms with Crippen molar-refractivity contribution < 1.29 is 0 Å². The Balaban J connectivity index is 2.05. The predicted molar refractivity (Wildman–Crippen MR) is 83.1 cm³/mol. The first-order chi connectivity index (χ1) is 9.45. The second-order valence-electron chi connectivity index (χ2n) is 4.85. The fraction of sp³-hybridized carbons (Fsp3) is 0.538. The van der Waals surface area contributed by atoms with E-state index >= 15 is 0 Å². The highest BCUT2D eigenvalue weighted by Gasteiger charge is 2.11. The number of hydrogen-bond acceptors (Lipinski definition) is 6. The molecule has 20 heavy (non-hydrogen) atoms. The predicted octanol–water partition coefficient (Wildman–Crippen LogP) is 3.01. The third-order valence-electron chi connectivity index (χ3n) is 2.56. The molecule has 5 nitrogen and oxygen atoms in total. The molecule has 0 unspecified atom stereocenters. The van der Waals surface area contributed by atoms with Gasteiger partial charge in [0, 0.05) is 23.7 Å². The van der Waals surface area contributed by atoms with Gasteiger partial charge in [-0.1, -0.05) is 37.4 Å². The van der Waals surface area contributed by atoms with Gasteiger partial charge in [0.1, 0.15) is 5.82 Å². The lowest BCUT2D eigenvalue weighted by atomic mass is 10.4. The minimum absolute atomic E-state index is 0.501. The summed E-state index contributed by atoms with van der Waals surface area (Å²) in [5.41, 5.74) is 1.99. The molecule has 2 rings (SSSR count). The molecule has 0 fully saturated rings.